The Hall–Kier alpha value is -3.19. The van der Waals surface area contributed by atoms with Gasteiger partial charge in [0.05, 0.1) is 6.61 Å². The molecular weight excluding hydrogens is 400 g/mol. The van der Waals surface area contributed by atoms with E-state index in [1.54, 1.807) is 32.2 Å². The van der Waals surface area contributed by atoms with E-state index < -0.39 is 5.97 Å². The number of hydrogen-bond acceptors (Lipinski definition) is 5. The van der Waals surface area contributed by atoms with Crippen molar-refractivity contribution in [1.82, 2.24) is 4.57 Å². The first kappa shape index (κ1) is 21.5. The molecule has 30 heavy (non-hydrogen) atoms. The zero-order valence-electron chi connectivity index (χ0n) is 17.4. The summed E-state index contributed by atoms with van der Waals surface area (Å²) >= 11 is 1.26. The lowest BCUT2D eigenvalue weighted by Crippen LogP contribution is -2.28. The summed E-state index contributed by atoms with van der Waals surface area (Å²) in [6.45, 7) is 7.52. The molecule has 0 saturated heterocycles. The lowest BCUT2D eigenvalue weighted by Gasteiger charge is -2.11. The van der Waals surface area contributed by atoms with Gasteiger partial charge in [-0.05, 0) is 44.9 Å². The summed E-state index contributed by atoms with van der Waals surface area (Å²) in [6.07, 6.45) is 1.57. The van der Waals surface area contributed by atoms with Gasteiger partial charge in [0, 0.05) is 22.7 Å². The Balaban J connectivity index is 1.95. The normalized spacial score (nSPS) is 10.7. The molecule has 3 aromatic rings. The largest absolute Gasteiger partial charge is 0.462 e. The number of benzene rings is 1. The van der Waals surface area contributed by atoms with Gasteiger partial charge in [-0.3, -0.25) is 9.59 Å². The van der Waals surface area contributed by atoms with Crippen LogP contribution in [-0.2, 0) is 16.1 Å². The van der Waals surface area contributed by atoms with Crippen LogP contribution in [0, 0.1) is 20.8 Å². The van der Waals surface area contributed by atoms with Crippen molar-refractivity contribution in [2.45, 2.75) is 34.2 Å². The molecule has 0 aliphatic carbocycles. The lowest BCUT2D eigenvalue weighted by atomic mass is 9.97. The molecule has 2 aromatic heterocycles. The third-order valence-corrected chi connectivity index (χ3v) is 5.62. The SMILES string of the molecule is CCOC(=O)c1c(-c2ccc(C)cc2C)csc1NC(=O)Cn1cccc(C)c1=O. The maximum absolute atomic E-state index is 12.7. The summed E-state index contributed by atoms with van der Waals surface area (Å²) in [4.78, 5) is 37.5. The average molecular weight is 425 g/mol. The minimum atomic E-state index is -0.489. The minimum Gasteiger partial charge on any atom is -0.462 e. The summed E-state index contributed by atoms with van der Waals surface area (Å²) in [5.41, 5.74) is 4.46. The lowest BCUT2D eigenvalue weighted by molar-refractivity contribution is -0.116. The van der Waals surface area contributed by atoms with Crippen LogP contribution in [0.5, 0.6) is 0 Å². The number of esters is 1. The van der Waals surface area contributed by atoms with E-state index in [-0.39, 0.29) is 24.6 Å². The number of hydrogen-bond donors (Lipinski definition) is 1. The van der Waals surface area contributed by atoms with Crippen molar-refractivity contribution in [1.29, 1.82) is 0 Å². The van der Waals surface area contributed by atoms with Gasteiger partial charge in [-0.25, -0.2) is 4.79 Å². The third-order valence-electron chi connectivity index (χ3n) is 4.72. The summed E-state index contributed by atoms with van der Waals surface area (Å²) in [7, 11) is 0. The summed E-state index contributed by atoms with van der Waals surface area (Å²) < 4.78 is 6.59. The van der Waals surface area contributed by atoms with Gasteiger partial charge in [0.25, 0.3) is 5.56 Å². The number of thiophene rings is 1. The highest BCUT2D eigenvalue weighted by Crippen LogP contribution is 2.37. The van der Waals surface area contributed by atoms with Crippen LogP contribution < -0.4 is 10.9 Å². The second-order valence-electron chi connectivity index (χ2n) is 7.06. The number of carbonyl (C=O) groups excluding carboxylic acids is 2. The Morgan fingerprint density at radius 2 is 1.87 bits per heavy atom. The van der Waals surface area contributed by atoms with E-state index in [4.69, 9.17) is 4.74 Å². The van der Waals surface area contributed by atoms with Gasteiger partial charge in [0.1, 0.15) is 17.1 Å². The van der Waals surface area contributed by atoms with Crippen molar-refractivity contribution >= 4 is 28.2 Å². The fourth-order valence-electron chi connectivity index (χ4n) is 3.27. The zero-order valence-corrected chi connectivity index (χ0v) is 18.3. The summed E-state index contributed by atoms with van der Waals surface area (Å²) in [6, 6.07) is 9.41. The molecule has 0 aliphatic rings. The molecule has 1 N–H and O–H groups in total. The van der Waals surface area contributed by atoms with Crippen LogP contribution in [0.3, 0.4) is 0 Å². The maximum atomic E-state index is 12.7. The van der Waals surface area contributed by atoms with E-state index in [2.05, 4.69) is 5.32 Å². The van der Waals surface area contributed by atoms with Gasteiger partial charge < -0.3 is 14.6 Å². The Morgan fingerprint density at radius 1 is 1.10 bits per heavy atom. The molecule has 156 valence electrons. The average Bonchev–Trinajstić information content (AvgIpc) is 3.09. The van der Waals surface area contributed by atoms with Crippen molar-refractivity contribution < 1.29 is 14.3 Å². The second-order valence-corrected chi connectivity index (χ2v) is 7.94. The van der Waals surface area contributed by atoms with Crippen molar-refractivity contribution in [2.75, 3.05) is 11.9 Å². The molecule has 0 bridgehead atoms. The molecule has 0 atom stereocenters. The summed E-state index contributed by atoms with van der Waals surface area (Å²) in [5, 5.41) is 5.04. The van der Waals surface area contributed by atoms with E-state index in [0.717, 1.165) is 22.3 Å². The second kappa shape index (κ2) is 9.09. The molecular formula is C23H24N2O4S. The predicted octanol–water partition coefficient (Wildman–Crippen LogP) is 4.32. The fourth-order valence-corrected chi connectivity index (χ4v) is 4.24. The van der Waals surface area contributed by atoms with Crippen molar-refractivity contribution in [3.8, 4) is 11.1 Å². The van der Waals surface area contributed by atoms with Crippen molar-refractivity contribution in [2.24, 2.45) is 0 Å². The Kier molecular flexibility index (Phi) is 6.52. The molecule has 6 nitrogen and oxygen atoms in total. The van der Waals surface area contributed by atoms with Crippen LogP contribution >= 0.6 is 11.3 Å². The van der Waals surface area contributed by atoms with E-state index in [0.29, 0.717) is 16.1 Å². The third kappa shape index (κ3) is 4.52. The number of aromatic nitrogens is 1. The molecule has 0 unspecified atom stereocenters. The Labute approximate surface area is 179 Å². The Bertz CT molecular complexity index is 1160. The first-order valence-electron chi connectivity index (χ1n) is 9.64. The number of amides is 1. The van der Waals surface area contributed by atoms with Gasteiger partial charge in [-0.2, -0.15) is 0 Å². The van der Waals surface area contributed by atoms with Crippen LogP contribution in [0.1, 0.15) is 34.0 Å². The highest BCUT2D eigenvalue weighted by Gasteiger charge is 2.23. The topological polar surface area (TPSA) is 77.4 Å². The van der Waals surface area contributed by atoms with Gasteiger partial charge in [-0.1, -0.05) is 29.8 Å². The first-order valence-corrected chi connectivity index (χ1v) is 10.5. The van der Waals surface area contributed by atoms with Gasteiger partial charge in [0.15, 0.2) is 0 Å². The summed E-state index contributed by atoms with van der Waals surface area (Å²) in [5.74, 6) is -0.876. The monoisotopic (exact) mass is 424 g/mol. The molecule has 7 heteroatoms. The molecule has 1 aromatic carbocycles. The van der Waals surface area contributed by atoms with Crippen molar-refractivity contribution in [3.63, 3.8) is 0 Å². The van der Waals surface area contributed by atoms with Gasteiger partial charge >= 0.3 is 5.97 Å². The standard InChI is InChI=1S/C23H24N2O4S/c1-5-29-23(28)20-18(17-9-8-14(2)11-16(17)4)13-30-21(20)24-19(26)12-25-10-6-7-15(3)22(25)27/h6-11,13H,5,12H2,1-4H3,(H,24,26). The van der Waals surface area contributed by atoms with E-state index in [9.17, 15) is 14.4 Å². The Morgan fingerprint density at radius 3 is 2.57 bits per heavy atom. The number of anilines is 1. The van der Waals surface area contributed by atoms with Crippen molar-refractivity contribution in [3.05, 3.63) is 74.5 Å². The zero-order chi connectivity index (χ0) is 21.8. The van der Waals surface area contributed by atoms with E-state index in [1.165, 1.54) is 15.9 Å². The number of aryl methyl sites for hydroxylation is 3. The van der Waals surface area contributed by atoms with Gasteiger partial charge in [0.2, 0.25) is 5.91 Å². The van der Waals surface area contributed by atoms with Crippen LogP contribution in [0.2, 0.25) is 0 Å². The van der Waals surface area contributed by atoms with Crippen LogP contribution in [0.25, 0.3) is 11.1 Å². The van der Waals surface area contributed by atoms with E-state index in [1.807, 2.05) is 37.4 Å². The first-order chi connectivity index (χ1) is 14.3. The molecule has 3 rings (SSSR count). The molecule has 0 aliphatic heterocycles. The molecule has 0 spiro atoms. The number of pyridine rings is 1. The molecule has 1 amide bonds. The molecule has 0 radical (unpaired) electrons. The molecule has 0 saturated carbocycles. The number of nitrogens with zero attached hydrogens (tertiary/aromatic N) is 1. The highest BCUT2D eigenvalue weighted by molar-refractivity contribution is 7.15. The quantitative estimate of drug-likeness (QED) is 0.598. The van der Waals surface area contributed by atoms with Crippen LogP contribution in [0.15, 0.2) is 46.7 Å². The fraction of sp³-hybridized carbons (Fsp3) is 0.261. The number of ether oxygens (including phenoxy) is 1. The minimum absolute atomic E-state index is 0.139. The van der Waals surface area contributed by atoms with Crippen LogP contribution in [0.4, 0.5) is 5.00 Å². The van der Waals surface area contributed by atoms with E-state index >= 15 is 0 Å². The highest BCUT2D eigenvalue weighted by atomic mass is 32.1. The number of rotatable bonds is 6. The number of nitrogens with one attached hydrogen (secondary N) is 1. The van der Waals surface area contributed by atoms with Gasteiger partial charge in [-0.15, -0.1) is 11.3 Å². The predicted molar refractivity (Wildman–Crippen MR) is 119 cm³/mol. The smallest absolute Gasteiger partial charge is 0.341 e. The van der Waals surface area contributed by atoms with Crippen LogP contribution in [-0.4, -0.2) is 23.1 Å². The number of carbonyl (C=O) groups is 2. The molecule has 2 heterocycles. The maximum Gasteiger partial charge on any atom is 0.341 e. The molecule has 0 fully saturated rings.